The van der Waals surface area contributed by atoms with Crippen LogP contribution in [0.2, 0.25) is 0 Å². The van der Waals surface area contributed by atoms with Crippen LogP contribution in [0.1, 0.15) is 32.3 Å². The summed E-state index contributed by atoms with van der Waals surface area (Å²) in [5, 5.41) is 6.70. The van der Waals surface area contributed by atoms with Crippen LogP contribution in [0.15, 0.2) is 22.9 Å². The van der Waals surface area contributed by atoms with Crippen molar-refractivity contribution in [1.82, 2.24) is 20.4 Å². The molecule has 0 aromatic carbocycles. The molecule has 2 aromatic rings. The number of nitrogens with one attached hydrogen (secondary N) is 1. The number of rotatable bonds is 3. The predicted octanol–water partition coefficient (Wildman–Crippen LogP) is 1.81. The Balaban J connectivity index is 2.31. The minimum Gasteiger partial charge on any atom is -0.344 e. The largest absolute Gasteiger partial charge is 0.344 e. The summed E-state index contributed by atoms with van der Waals surface area (Å²) < 4.78 is 5.23. The summed E-state index contributed by atoms with van der Waals surface area (Å²) in [7, 11) is 0. The van der Waals surface area contributed by atoms with E-state index in [4.69, 9.17) is 4.52 Å². The third-order valence-corrected chi connectivity index (χ3v) is 2.62. The third-order valence-electron chi connectivity index (χ3n) is 2.62. The molecule has 0 bridgehead atoms. The monoisotopic (exact) mass is 260 g/mol. The molecule has 0 saturated carbocycles. The standard InChI is InChI=1S/C13H16N4O2/c1-8-7-10(5-6-14-8)11-15-12(17-19-11)13(3,4)16-9(2)18/h5-7H,1-4H3,(H,16,18). The van der Waals surface area contributed by atoms with E-state index in [1.54, 1.807) is 12.3 Å². The molecule has 1 N–H and O–H groups in total. The van der Waals surface area contributed by atoms with Gasteiger partial charge in [-0.05, 0) is 32.9 Å². The highest BCUT2D eigenvalue weighted by Crippen LogP contribution is 2.22. The van der Waals surface area contributed by atoms with Gasteiger partial charge in [0.1, 0.15) is 0 Å². The van der Waals surface area contributed by atoms with Crippen molar-refractivity contribution < 1.29 is 9.32 Å². The Morgan fingerprint density at radius 3 is 2.79 bits per heavy atom. The number of carbonyl (C=O) groups is 1. The van der Waals surface area contributed by atoms with Crippen LogP contribution in [0.4, 0.5) is 0 Å². The molecular formula is C13H16N4O2. The van der Waals surface area contributed by atoms with Gasteiger partial charge in [0, 0.05) is 24.4 Å². The fraction of sp³-hybridized carbons (Fsp3) is 0.385. The van der Waals surface area contributed by atoms with Crippen molar-refractivity contribution in [3.8, 4) is 11.5 Å². The van der Waals surface area contributed by atoms with E-state index in [-0.39, 0.29) is 5.91 Å². The van der Waals surface area contributed by atoms with Gasteiger partial charge in [0.2, 0.25) is 5.91 Å². The first kappa shape index (κ1) is 13.2. The van der Waals surface area contributed by atoms with E-state index in [2.05, 4.69) is 20.4 Å². The highest BCUT2D eigenvalue weighted by molar-refractivity contribution is 5.73. The van der Waals surface area contributed by atoms with Gasteiger partial charge in [-0.3, -0.25) is 9.78 Å². The van der Waals surface area contributed by atoms with Gasteiger partial charge in [-0.1, -0.05) is 5.16 Å². The maximum Gasteiger partial charge on any atom is 0.258 e. The summed E-state index contributed by atoms with van der Waals surface area (Å²) in [5.74, 6) is 0.710. The molecule has 2 rings (SSSR count). The number of hydrogen-bond acceptors (Lipinski definition) is 5. The van der Waals surface area contributed by atoms with Crippen molar-refractivity contribution in [3.05, 3.63) is 29.8 Å². The van der Waals surface area contributed by atoms with E-state index in [1.807, 2.05) is 26.8 Å². The molecule has 1 amide bonds. The number of amides is 1. The van der Waals surface area contributed by atoms with E-state index in [0.717, 1.165) is 11.3 Å². The van der Waals surface area contributed by atoms with Crippen molar-refractivity contribution in [2.45, 2.75) is 33.2 Å². The van der Waals surface area contributed by atoms with Crippen molar-refractivity contribution in [1.29, 1.82) is 0 Å². The normalized spacial score (nSPS) is 11.4. The molecule has 0 unspecified atom stereocenters. The second kappa shape index (κ2) is 4.79. The molecule has 100 valence electrons. The third kappa shape index (κ3) is 2.96. The zero-order valence-electron chi connectivity index (χ0n) is 11.4. The molecule has 19 heavy (non-hydrogen) atoms. The lowest BCUT2D eigenvalue weighted by Crippen LogP contribution is -2.40. The zero-order valence-corrected chi connectivity index (χ0v) is 11.4. The van der Waals surface area contributed by atoms with Gasteiger partial charge < -0.3 is 9.84 Å². The zero-order chi connectivity index (χ0) is 14.0. The molecule has 0 aliphatic carbocycles. The van der Waals surface area contributed by atoms with E-state index in [0.29, 0.717) is 11.7 Å². The maximum atomic E-state index is 11.1. The second-order valence-corrected chi connectivity index (χ2v) is 4.92. The first-order valence-electron chi connectivity index (χ1n) is 5.94. The molecular weight excluding hydrogens is 244 g/mol. The Morgan fingerprint density at radius 2 is 2.16 bits per heavy atom. The molecule has 0 fully saturated rings. The molecule has 0 atom stereocenters. The first-order chi connectivity index (χ1) is 8.88. The molecule has 0 aliphatic rings. The molecule has 0 spiro atoms. The highest BCUT2D eigenvalue weighted by Gasteiger charge is 2.27. The Bertz CT molecular complexity index is 604. The van der Waals surface area contributed by atoms with Gasteiger partial charge in [-0.25, -0.2) is 0 Å². The summed E-state index contributed by atoms with van der Waals surface area (Å²) in [5.41, 5.74) is 1.01. The van der Waals surface area contributed by atoms with E-state index in [9.17, 15) is 4.79 Å². The predicted molar refractivity (Wildman–Crippen MR) is 69.1 cm³/mol. The van der Waals surface area contributed by atoms with Crippen molar-refractivity contribution in [2.24, 2.45) is 0 Å². The molecule has 6 heteroatoms. The fourth-order valence-electron chi connectivity index (χ4n) is 1.77. The number of hydrogen-bond donors (Lipinski definition) is 1. The number of pyridine rings is 1. The van der Waals surface area contributed by atoms with Crippen LogP contribution in [0.3, 0.4) is 0 Å². The van der Waals surface area contributed by atoms with Gasteiger partial charge in [-0.15, -0.1) is 0 Å². The lowest BCUT2D eigenvalue weighted by atomic mass is 10.1. The molecule has 6 nitrogen and oxygen atoms in total. The second-order valence-electron chi connectivity index (χ2n) is 4.92. The smallest absolute Gasteiger partial charge is 0.258 e. The molecule has 0 radical (unpaired) electrons. The summed E-state index contributed by atoms with van der Waals surface area (Å²) in [4.78, 5) is 19.6. The summed E-state index contributed by atoms with van der Waals surface area (Å²) >= 11 is 0. The van der Waals surface area contributed by atoms with Crippen molar-refractivity contribution in [3.63, 3.8) is 0 Å². The van der Waals surface area contributed by atoms with Crippen LogP contribution in [0.5, 0.6) is 0 Å². The summed E-state index contributed by atoms with van der Waals surface area (Å²) in [6.45, 7) is 6.98. The quantitative estimate of drug-likeness (QED) is 0.910. The minimum atomic E-state index is -0.671. The van der Waals surface area contributed by atoms with Gasteiger partial charge in [-0.2, -0.15) is 4.98 Å². The topological polar surface area (TPSA) is 80.9 Å². The van der Waals surface area contributed by atoms with E-state index >= 15 is 0 Å². The van der Waals surface area contributed by atoms with Gasteiger partial charge >= 0.3 is 0 Å². The maximum absolute atomic E-state index is 11.1. The molecule has 2 heterocycles. The SMILES string of the molecule is CC(=O)NC(C)(C)c1noc(-c2ccnc(C)c2)n1. The Labute approximate surface area is 111 Å². The molecule has 2 aromatic heterocycles. The Morgan fingerprint density at radius 1 is 1.42 bits per heavy atom. The minimum absolute atomic E-state index is 0.142. The average Bonchev–Trinajstić information content (AvgIpc) is 2.77. The highest BCUT2D eigenvalue weighted by atomic mass is 16.5. The van der Waals surface area contributed by atoms with Crippen LogP contribution in [-0.4, -0.2) is 21.0 Å². The summed E-state index contributed by atoms with van der Waals surface area (Å²) in [6.07, 6.45) is 1.69. The van der Waals surface area contributed by atoms with Gasteiger partial charge in [0.05, 0.1) is 5.54 Å². The Kier molecular flexibility index (Phi) is 3.33. The number of aryl methyl sites for hydroxylation is 1. The van der Waals surface area contributed by atoms with Crippen LogP contribution in [0, 0.1) is 6.92 Å². The van der Waals surface area contributed by atoms with Crippen molar-refractivity contribution >= 4 is 5.91 Å². The van der Waals surface area contributed by atoms with Crippen LogP contribution >= 0.6 is 0 Å². The number of carbonyl (C=O) groups excluding carboxylic acids is 1. The van der Waals surface area contributed by atoms with Crippen molar-refractivity contribution in [2.75, 3.05) is 0 Å². The lowest BCUT2D eigenvalue weighted by molar-refractivity contribution is -0.120. The van der Waals surface area contributed by atoms with Gasteiger partial charge in [0.15, 0.2) is 5.82 Å². The molecule has 0 saturated heterocycles. The number of nitrogens with zero attached hydrogens (tertiary/aromatic N) is 3. The van der Waals surface area contributed by atoms with Crippen LogP contribution in [0.25, 0.3) is 11.5 Å². The lowest BCUT2D eigenvalue weighted by Gasteiger charge is -2.20. The fourth-order valence-corrected chi connectivity index (χ4v) is 1.77. The van der Waals surface area contributed by atoms with E-state index in [1.165, 1.54) is 6.92 Å². The van der Waals surface area contributed by atoms with Gasteiger partial charge in [0.25, 0.3) is 5.89 Å². The average molecular weight is 260 g/mol. The first-order valence-corrected chi connectivity index (χ1v) is 5.94. The Hall–Kier alpha value is -2.24. The summed E-state index contributed by atoms with van der Waals surface area (Å²) in [6, 6.07) is 3.67. The van der Waals surface area contributed by atoms with E-state index < -0.39 is 5.54 Å². The number of aromatic nitrogens is 3. The van der Waals surface area contributed by atoms with Crippen LogP contribution in [-0.2, 0) is 10.3 Å². The van der Waals surface area contributed by atoms with Crippen LogP contribution < -0.4 is 5.32 Å². The molecule has 0 aliphatic heterocycles.